The summed E-state index contributed by atoms with van der Waals surface area (Å²) < 4.78 is 31.2. The van der Waals surface area contributed by atoms with Crippen molar-refractivity contribution in [1.29, 1.82) is 0 Å². The summed E-state index contributed by atoms with van der Waals surface area (Å²) in [4.78, 5) is 3.99. The Balaban J connectivity index is 2.20. The minimum atomic E-state index is -4.10. The Bertz CT molecular complexity index is 272. The van der Waals surface area contributed by atoms with Gasteiger partial charge in [0.25, 0.3) is 10.1 Å². The molecule has 0 aliphatic carbocycles. The lowest BCUT2D eigenvalue weighted by Crippen LogP contribution is -2.48. The molecule has 0 saturated carbocycles. The van der Waals surface area contributed by atoms with Crippen LogP contribution in [0.15, 0.2) is 0 Å². The molecular formula is C8H16N2O4S. The molecule has 1 aliphatic rings. The van der Waals surface area contributed by atoms with E-state index < -0.39 is 10.1 Å². The van der Waals surface area contributed by atoms with Crippen molar-refractivity contribution < 1.29 is 18.1 Å². The third-order valence-corrected chi connectivity index (χ3v) is 3.21. The van der Waals surface area contributed by atoms with Gasteiger partial charge in [0.15, 0.2) is 0 Å². The molecule has 15 heavy (non-hydrogen) atoms. The molecule has 7 heteroatoms. The molecule has 1 heterocycles. The smallest absolute Gasteiger partial charge is 0.295 e. The molecule has 6 nitrogen and oxygen atoms in total. The quantitative estimate of drug-likeness (QED) is 0.600. The van der Waals surface area contributed by atoms with Gasteiger partial charge >= 0.3 is 0 Å². The van der Waals surface area contributed by atoms with E-state index in [1.807, 2.05) is 4.90 Å². The average Bonchev–Trinajstić information content (AvgIpc) is 2.16. The van der Waals surface area contributed by atoms with Crippen molar-refractivity contribution in [2.45, 2.75) is 0 Å². The normalized spacial score (nSPS) is 20.7. The second-order valence-electron chi connectivity index (χ2n) is 3.65. The van der Waals surface area contributed by atoms with Gasteiger partial charge in [0.05, 0.1) is 12.4 Å². The Labute approximate surface area is 90.2 Å². The summed E-state index contributed by atoms with van der Waals surface area (Å²) in [6.07, 6.45) is 0. The molecule has 0 spiro atoms. The Morgan fingerprint density at radius 3 is 1.80 bits per heavy atom. The molecule has 0 atom stereocenters. The van der Waals surface area contributed by atoms with Crippen LogP contribution in [-0.2, 0) is 19.8 Å². The summed E-state index contributed by atoms with van der Waals surface area (Å²) in [5, 5.41) is 10.4. The summed E-state index contributed by atoms with van der Waals surface area (Å²) >= 11 is 0. The van der Waals surface area contributed by atoms with E-state index >= 15 is 0 Å². The Kier molecular flexibility index (Phi) is 4.94. The highest BCUT2D eigenvalue weighted by Gasteiger charge is 2.18. The fraction of sp³-hybridized carbons (Fsp3) is 1.00. The summed E-state index contributed by atoms with van der Waals surface area (Å²) in [5.41, 5.74) is 0. The van der Waals surface area contributed by atoms with Gasteiger partial charge in [0, 0.05) is 39.3 Å². The molecule has 0 amide bonds. The van der Waals surface area contributed by atoms with Crippen LogP contribution in [0.5, 0.6) is 0 Å². The average molecular weight is 236 g/mol. The molecular weight excluding hydrogens is 220 g/mol. The SMILES string of the molecule is [O]CCN1CCN(CCS([O])(=O)=O)CC1. The first-order valence-electron chi connectivity index (χ1n) is 4.97. The zero-order chi connectivity index (χ0) is 11.3. The molecule has 0 aromatic heterocycles. The van der Waals surface area contributed by atoms with Crippen LogP contribution < -0.4 is 0 Å². The third kappa shape index (κ3) is 5.43. The first-order valence-corrected chi connectivity index (χ1v) is 6.55. The van der Waals surface area contributed by atoms with Gasteiger partial charge in [-0.05, 0) is 0 Å². The summed E-state index contributed by atoms with van der Waals surface area (Å²) in [6.45, 7) is 3.77. The predicted molar refractivity (Wildman–Crippen MR) is 52.9 cm³/mol. The summed E-state index contributed by atoms with van der Waals surface area (Å²) in [7, 11) is -4.10. The Morgan fingerprint density at radius 1 is 0.933 bits per heavy atom. The van der Waals surface area contributed by atoms with Gasteiger partial charge in [-0.3, -0.25) is 9.80 Å². The molecule has 2 radical (unpaired) electrons. The fourth-order valence-electron chi connectivity index (χ4n) is 1.61. The topological polar surface area (TPSA) is 80.4 Å². The Hall–Kier alpha value is -0.210. The van der Waals surface area contributed by atoms with Crippen LogP contribution in [0.4, 0.5) is 0 Å². The number of piperazine rings is 1. The lowest BCUT2D eigenvalue weighted by molar-refractivity contribution is 0.0948. The fourth-order valence-corrected chi connectivity index (χ4v) is 2.09. The van der Waals surface area contributed by atoms with E-state index in [2.05, 4.69) is 4.90 Å². The molecule has 1 fully saturated rings. The minimum Gasteiger partial charge on any atom is -0.300 e. The first-order chi connectivity index (χ1) is 7.01. The highest BCUT2D eigenvalue weighted by molar-refractivity contribution is 7.85. The minimum absolute atomic E-state index is 0.102. The zero-order valence-electron chi connectivity index (χ0n) is 8.59. The standard InChI is InChI=1S/C8H16N2O4S/c11-7-5-9-1-3-10(4-2-9)6-8-15(12,13)14/h1-8H2. The third-order valence-electron chi connectivity index (χ3n) is 2.53. The van der Waals surface area contributed by atoms with Gasteiger partial charge in [-0.2, -0.15) is 8.42 Å². The van der Waals surface area contributed by atoms with Gasteiger partial charge in [0.1, 0.15) is 0 Å². The van der Waals surface area contributed by atoms with Gasteiger partial charge in [-0.15, -0.1) is 0 Å². The van der Waals surface area contributed by atoms with E-state index in [0.717, 1.165) is 26.2 Å². The second-order valence-corrected chi connectivity index (χ2v) is 5.17. The molecule has 1 saturated heterocycles. The molecule has 88 valence electrons. The predicted octanol–water partition coefficient (Wildman–Crippen LogP) is -1.21. The van der Waals surface area contributed by atoms with Crippen LogP contribution in [-0.4, -0.2) is 69.8 Å². The molecule has 0 unspecified atom stereocenters. The highest BCUT2D eigenvalue weighted by Crippen LogP contribution is 2.01. The number of rotatable bonds is 5. The molecule has 0 N–H and O–H groups in total. The van der Waals surface area contributed by atoms with Crippen molar-refractivity contribution in [3.05, 3.63) is 0 Å². The van der Waals surface area contributed by atoms with Gasteiger partial charge < -0.3 is 0 Å². The van der Waals surface area contributed by atoms with Crippen molar-refractivity contribution in [3.8, 4) is 0 Å². The highest BCUT2D eigenvalue weighted by atomic mass is 32.2. The van der Waals surface area contributed by atoms with Crippen LogP contribution in [0.25, 0.3) is 0 Å². The van der Waals surface area contributed by atoms with E-state index in [4.69, 9.17) is 0 Å². The van der Waals surface area contributed by atoms with Crippen LogP contribution in [0.3, 0.4) is 0 Å². The van der Waals surface area contributed by atoms with E-state index in [1.165, 1.54) is 0 Å². The monoisotopic (exact) mass is 236 g/mol. The zero-order valence-corrected chi connectivity index (χ0v) is 9.41. The van der Waals surface area contributed by atoms with Crippen LogP contribution in [0, 0.1) is 0 Å². The van der Waals surface area contributed by atoms with E-state index in [1.54, 1.807) is 0 Å². The van der Waals surface area contributed by atoms with Crippen LogP contribution in [0.2, 0.25) is 0 Å². The van der Waals surface area contributed by atoms with E-state index in [-0.39, 0.29) is 12.4 Å². The maximum atomic E-state index is 10.4. The maximum Gasteiger partial charge on any atom is 0.295 e. The molecule has 1 aliphatic heterocycles. The van der Waals surface area contributed by atoms with E-state index in [9.17, 15) is 18.1 Å². The lowest BCUT2D eigenvalue weighted by atomic mass is 10.3. The summed E-state index contributed by atoms with van der Waals surface area (Å²) in [5.74, 6) is -0.325. The lowest BCUT2D eigenvalue weighted by Gasteiger charge is -2.33. The second kappa shape index (κ2) is 5.76. The number of hydrogen-bond donors (Lipinski definition) is 0. The van der Waals surface area contributed by atoms with Crippen molar-refractivity contribution in [2.75, 3.05) is 51.6 Å². The Morgan fingerprint density at radius 2 is 1.40 bits per heavy atom. The molecule has 0 aromatic rings. The molecule has 0 bridgehead atoms. The van der Waals surface area contributed by atoms with Gasteiger partial charge in [-0.25, -0.2) is 5.11 Å². The molecule has 1 rings (SSSR count). The van der Waals surface area contributed by atoms with Crippen molar-refractivity contribution in [2.24, 2.45) is 0 Å². The van der Waals surface area contributed by atoms with Crippen LogP contribution >= 0.6 is 0 Å². The molecule has 0 aromatic carbocycles. The van der Waals surface area contributed by atoms with Crippen molar-refractivity contribution >= 4 is 10.1 Å². The van der Waals surface area contributed by atoms with Crippen molar-refractivity contribution in [3.63, 3.8) is 0 Å². The van der Waals surface area contributed by atoms with Gasteiger partial charge in [0.2, 0.25) is 0 Å². The van der Waals surface area contributed by atoms with Gasteiger partial charge in [-0.1, -0.05) is 4.55 Å². The number of nitrogens with zero attached hydrogens (tertiary/aromatic N) is 2. The summed E-state index contributed by atoms with van der Waals surface area (Å²) in [6, 6.07) is 0. The largest absolute Gasteiger partial charge is 0.300 e. The van der Waals surface area contributed by atoms with E-state index in [0.29, 0.717) is 13.1 Å². The maximum absolute atomic E-state index is 10.4. The van der Waals surface area contributed by atoms with Crippen LogP contribution in [0.1, 0.15) is 0 Å². The first kappa shape index (κ1) is 12.9. The van der Waals surface area contributed by atoms with Crippen molar-refractivity contribution in [1.82, 2.24) is 9.80 Å². The number of hydrogen-bond acceptors (Lipinski definition) is 4.